The van der Waals surface area contributed by atoms with Crippen molar-refractivity contribution >= 4 is 5.97 Å². The predicted octanol–water partition coefficient (Wildman–Crippen LogP) is 2.76. The number of rotatable bonds is 3. The molecule has 0 aromatic heterocycles. The molecule has 0 aliphatic rings. The minimum Gasteiger partial charge on any atom is -0.481 e. The number of carboxylic acid groups (broad SMARTS) is 1. The number of aliphatic hydroxyl groups excluding tert-OH is 1. The average Bonchev–Trinajstić information content (AvgIpc) is 2.15. The molecule has 1 rings (SSSR count). The van der Waals surface area contributed by atoms with Gasteiger partial charge in [0.05, 0.1) is 11.5 Å². The fourth-order valence-electron chi connectivity index (χ4n) is 2.10. The highest BCUT2D eigenvalue weighted by Gasteiger charge is 2.38. The van der Waals surface area contributed by atoms with Crippen LogP contribution in [0.4, 0.5) is 0 Å². The first-order valence-electron chi connectivity index (χ1n) is 5.67. The molecule has 94 valence electrons. The van der Waals surface area contributed by atoms with E-state index >= 15 is 0 Å². The van der Waals surface area contributed by atoms with Crippen molar-refractivity contribution in [2.45, 2.75) is 40.7 Å². The summed E-state index contributed by atoms with van der Waals surface area (Å²) in [5, 5.41) is 19.4. The molecule has 3 heteroatoms. The lowest BCUT2D eigenvalue weighted by atomic mass is 9.79. The highest BCUT2D eigenvalue weighted by Crippen LogP contribution is 2.37. The third kappa shape index (κ3) is 2.50. The standard InChI is InChI=1S/C14H20O3/c1-8-6-9(2)11(10(3)7-8)12(15)14(4,5)13(16)17/h6-7,12,15H,1-5H3,(H,16,17). The van der Waals surface area contributed by atoms with E-state index in [1.807, 2.05) is 32.9 Å². The second-order valence-electron chi connectivity index (χ2n) is 5.24. The van der Waals surface area contributed by atoms with Crippen molar-refractivity contribution in [3.05, 3.63) is 34.4 Å². The first-order valence-corrected chi connectivity index (χ1v) is 5.67. The van der Waals surface area contributed by atoms with Crippen molar-refractivity contribution in [1.82, 2.24) is 0 Å². The zero-order valence-electron chi connectivity index (χ0n) is 11.0. The van der Waals surface area contributed by atoms with E-state index in [0.29, 0.717) is 0 Å². The first kappa shape index (κ1) is 13.7. The van der Waals surface area contributed by atoms with E-state index in [4.69, 9.17) is 5.11 Å². The van der Waals surface area contributed by atoms with E-state index in [1.165, 1.54) is 0 Å². The molecule has 1 aromatic rings. The van der Waals surface area contributed by atoms with Crippen LogP contribution in [0.3, 0.4) is 0 Å². The molecular weight excluding hydrogens is 216 g/mol. The molecule has 0 saturated heterocycles. The molecule has 0 radical (unpaired) electrons. The van der Waals surface area contributed by atoms with E-state index in [9.17, 15) is 9.90 Å². The summed E-state index contributed by atoms with van der Waals surface area (Å²) in [4.78, 5) is 11.2. The molecule has 3 nitrogen and oxygen atoms in total. The summed E-state index contributed by atoms with van der Waals surface area (Å²) in [5.74, 6) is -0.996. The van der Waals surface area contributed by atoms with Gasteiger partial charge in [0, 0.05) is 0 Å². The van der Waals surface area contributed by atoms with Gasteiger partial charge in [-0.25, -0.2) is 0 Å². The van der Waals surface area contributed by atoms with Crippen molar-refractivity contribution in [3.63, 3.8) is 0 Å². The summed E-state index contributed by atoms with van der Waals surface area (Å²) in [6.07, 6.45) is -0.999. The van der Waals surface area contributed by atoms with Gasteiger partial charge < -0.3 is 10.2 Å². The summed E-state index contributed by atoms with van der Waals surface area (Å²) >= 11 is 0. The van der Waals surface area contributed by atoms with Crippen LogP contribution in [0, 0.1) is 26.2 Å². The van der Waals surface area contributed by atoms with E-state index < -0.39 is 17.5 Å². The molecule has 17 heavy (non-hydrogen) atoms. The van der Waals surface area contributed by atoms with Crippen molar-refractivity contribution in [2.75, 3.05) is 0 Å². The number of aryl methyl sites for hydroxylation is 3. The van der Waals surface area contributed by atoms with Crippen LogP contribution in [0.25, 0.3) is 0 Å². The van der Waals surface area contributed by atoms with Gasteiger partial charge in [-0.2, -0.15) is 0 Å². The van der Waals surface area contributed by atoms with Gasteiger partial charge in [-0.15, -0.1) is 0 Å². The summed E-state index contributed by atoms with van der Waals surface area (Å²) < 4.78 is 0. The Hall–Kier alpha value is -1.35. The van der Waals surface area contributed by atoms with Gasteiger partial charge in [-0.05, 0) is 51.3 Å². The van der Waals surface area contributed by atoms with E-state index in [0.717, 1.165) is 22.3 Å². The smallest absolute Gasteiger partial charge is 0.312 e. The van der Waals surface area contributed by atoms with Gasteiger partial charge in [-0.1, -0.05) is 17.7 Å². The Balaban J connectivity index is 3.31. The van der Waals surface area contributed by atoms with Crippen molar-refractivity contribution in [3.8, 4) is 0 Å². The molecule has 0 aliphatic carbocycles. The third-order valence-corrected chi connectivity index (χ3v) is 3.25. The van der Waals surface area contributed by atoms with Crippen LogP contribution in [-0.4, -0.2) is 16.2 Å². The maximum absolute atomic E-state index is 11.2. The predicted molar refractivity (Wildman–Crippen MR) is 67.0 cm³/mol. The molecule has 1 atom stereocenters. The molecular formula is C14H20O3. The first-order chi connectivity index (χ1) is 7.67. The van der Waals surface area contributed by atoms with Gasteiger partial charge >= 0.3 is 5.97 Å². The Morgan fingerprint density at radius 2 is 1.59 bits per heavy atom. The number of hydrogen-bond acceptors (Lipinski definition) is 2. The number of hydrogen-bond donors (Lipinski definition) is 2. The summed E-state index contributed by atoms with van der Waals surface area (Å²) in [7, 11) is 0. The molecule has 0 amide bonds. The Morgan fingerprint density at radius 1 is 1.18 bits per heavy atom. The molecule has 2 N–H and O–H groups in total. The molecule has 0 saturated carbocycles. The molecule has 0 heterocycles. The van der Waals surface area contributed by atoms with Gasteiger partial charge in [0.2, 0.25) is 0 Å². The molecule has 0 fully saturated rings. The van der Waals surface area contributed by atoms with E-state index in [2.05, 4.69) is 0 Å². The molecule has 0 aliphatic heterocycles. The second-order valence-corrected chi connectivity index (χ2v) is 5.24. The van der Waals surface area contributed by atoms with Crippen molar-refractivity contribution in [2.24, 2.45) is 5.41 Å². The lowest BCUT2D eigenvalue weighted by Crippen LogP contribution is -2.32. The minimum absolute atomic E-state index is 0.725. The van der Waals surface area contributed by atoms with Gasteiger partial charge in [0.25, 0.3) is 0 Å². The van der Waals surface area contributed by atoms with Crippen LogP contribution >= 0.6 is 0 Å². The topological polar surface area (TPSA) is 57.5 Å². The normalized spacial score (nSPS) is 13.5. The summed E-state index contributed by atoms with van der Waals surface area (Å²) in [6.45, 7) is 8.86. The number of benzene rings is 1. The third-order valence-electron chi connectivity index (χ3n) is 3.25. The largest absolute Gasteiger partial charge is 0.481 e. The van der Waals surface area contributed by atoms with Gasteiger partial charge in [0.15, 0.2) is 0 Å². The zero-order chi connectivity index (χ0) is 13.4. The molecule has 0 spiro atoms. The average molecular weight is 236 g/mol. The van der Waals surface area contributed by atoms with E-state index in [-0.39, 0.29) is 0 Å². The van der Waals surface area contributed by atoms with Gasteiger partial charge in [0.1, 0.15) is 0 Å². The number of carbonyl (C=O) groups is 1. The second kappa shape index (κ2) is 4.49. The molecule has 0 bridgehead atoms. The van der Waals surface area contributed by atoms with Crippen LogP contribution in [0.15, 0.2) is 12.1 Å². The Bertz CT molecular complexity index is 424. The quantitative estimate of drug-likeness (QED) is 0.848. The Labute approximate surface area is 102 Å². The van der Waals surface area contributed by atoms with Crippen LogP contribution in [0.5, 0.6) is 0 Å². The highest BCUT2D eigenvalue weighted by atomic mass is 16.4. The lowest BCUT2D eigenvalue weighted by molar-refractivity contribution is -0.153. The van der Waals surface area contributed by atoms with Gasteiger partial charge in [-0.3, -0.25) is 4.79 Å². The summed E-state index contributed by atoms with van der Waals surface area (Å²) in [6, 6.07) is 3.92. The van der Waals surface area contributed by atoms with Crippen LogP contribution in [0.2, 0.25) is 0 Å². The van der Waals surface area contributed by atoms with E-state index in [1.54, 1.807) is 13.8 Å². The lowest BCUT2D eigenvalue weighted by Gasteiger charge is -2.28. The fourth-order valence-corrected chi connectivity index (χ4v) is 2.10. The SMILES string of the molecule is Cc1cc(C)c(C(O)C(C)(C)C(=O)O)c(C)c1. The maximum atomic E-state index is 11.2. The number of aliphatic carboxylic acids is 1. The fraction of sp³-hybridized carbons (Fsp3) is 0.500. The summed E-state index contributed by atoms with van der Waals surface area (Å²) in [5.41, 5.74) is 2.52. The molecule has 1 aromatic carbocycles. The number of aliphatic hydroxyl groups is 1. The molecule has 1 unspecified atom stereocenters. The van der Waals surface area contributed by atoms with Crippen LogP contribution < -0.4 is 0 Å². The van der Waals surface area contributed by atoms with Crippen LogP contribution in [-0.2, 0) is 4.79 Å². The highest BCUT2D eigenvalue weighted by molar-refractivity contribution is 5.75. The number of carboxylic acids is 1. The van der Waals surface area contributed by atoms with Crippen molar-refractivity contribution in [1.29, 1.82) is 0 Å². The minimum atomic E-state index is -1.19. The maximum Gasteiger partial charge on any atom is 0.312 e. The Morgan fingerprint density at radius 3 is 1.94 bits per heavy atom. The monoisotopic (exact) mass is 236 g/mol. The van der Waals surface area contributed by atoms with Crippen LogP contribution in [0.1, 0.15) is 42.2 Å². The zero-order valence-corrected chi connectivity index (χ0v) is 11.0. The Kier molecular flexibility index (Phi) is 3.62. The van der Waals surface area contributed by atoms with Crippen molar-refractivity contribution < 1.29 is 15.0 Å².